The summed E-state index contributed by atoms with van der Waals surface area (Å²) in [6, 6.07) is 10.2. The SMILES string of the molecule is CCn1ncc2c(C3CCCCC3)c(CCC(=O)O)c(-c3ccccc3)nc21. The number of aryl methyl sites for hydroxylation is 1. The van der Waals surface area contributed by atoms with Crippen molar-refractivity contribution >= 4 is 17.0 Å². The lowest BCUT2D eigenvalue weighted by Crippen LogP contribution is -2.12. The van der Waals surface area contributed by atoms with E-state index in [1.165, 1.54) is 24.8 Å². The fourth-order valence-corrected chi connectivity index (χ4v) is 4.56. The quantitative estimate of drug-likeness (QED) is 0.642. The molecule has 2 heterocycles. The van der Waals surface area contributed by atoms with Crippen molar-refractivity contribution in [2.24, 2.45) is 0 Å². The minimum absolute atomic E-state index is 0.120. The summed E-state index contributed by atoms with van der Waals surface area (Å²) < 4.78 is 1.95. The largest absolute Gasteiger partial charge is 0.481 e. The number of nitrogens with zero attached hydrogens (tertiary/aromatic N) is 3. The summed E-state index contributed by atoms with van der Waals surface area (Å²) >= 11 is 0. The molecule has 1 aromatic carbocycles. The summed E-state index contributed by atoms with van der Waals surface area (Å²) in [5.41, 5.74) is 5.28. The van der Waals surface area contributed by atoms with Gasteiger partial charge in [-0.25, -0.2) is 9.67 Å². The van der Waals surface area contributed by atoms with Crippen molar-refractivity contribution in [2.75, 3.05) is 0 Å². The number of rotatable bonds is 6. The van der Waals surface area contributed by atoms with E-state index in [9.17, 15) is 9.90 Å². The Labute approximate surface area is 165 Å². The fraction of sp³-hybridized carbons (Fsp3) is 0.435. The van der Waals surface area contributed by atoms with Crippen LogP contribution >= 0.6 is 0 Å². The van der Waals surface area contributed by atoms with Crippen LogP contribution in [0.15, 0.2) is 36.5 Å². The molecule has 1 aliphatic carbocycles. The second kappa shape index (κ2) is 8.13. The highest BCUT2D eigenvalue weighted by Gasteiger charge is 2.26. The van der Waals surface area contributed by atoms with Crippen LogP contribution in [0.2, 0.25) is 0 Å². The number of fused-ring (bicyclic) bond motifs is 1. The van der Waals surface area contributed by atoms with Crippen molar-refractivity contribution in [2.45, 2.75) is 64.3 Å². The van der Waals surface area contributed by atoms with Crippen LogP contribution in [-0.2, 0) is 17.8 Å². The molecule has 0 saturated heterocycles. The van der Waals surface area contributed by atoms with E-state index in [2.05, 4.69) is 24.2 Å². The van der Waals surface area contributed by atoms with E-state index in [1.807, 2.05) is 29.1 Å². The Hall–Kier alpha value is -2.69. The minimum Gasteiger partial charge on any atom is -0.481 e. The number of aromatic nitrogens is 3. The van der Waals surface area contributed by atoms with Crippen LogP contribution in [0.1, 0.15) is 62.5 Å². The zero-order chi connectivity index (χ0) is 19.5. The molecule has 146 valence electrons. The van der Waals surface area contributed by atoms with Gasteiger partial charge in [0.1, 0.15) is 0 Å². The molecule has 5 nitrogen and oxygen atoms in total. The van der Waals surface area contributed by atoms with Crippen molar-refractivity contribution in [1.82, 2.24) is 14.8 Å². The first kappa shape index (κ1) is 18.7. The van der Waals surface area contributed by atoms with Gasteiger partial charge in [-0.15, -0.1) is 0 Å². The van der Waals surface area contributed by atoms with Crippen LogP contribution < -0.4 is 0 Å². The van der Waals surface area contributed by atoms with Gasteiger partial charge in [0.15, 0.2) is 5.65 Å². The van der Waals surface area contributed by atoms with Crippen molar-refractivity contribution in [3.63, 3.8) is 0 Å². The molecule has 0 spiro atoms. The predicted octanol–water partition coefficient (Wildman–Crippen LogP) is 5.18. The van der Waals surface area contributed by atoms with Gasteiger partial charge in [-0.1, -0.05) is 49.6 Å². The zero-order valence-electron chi connectivity index (χ0n) is 16.4. The van der Waals surface area contributed by atoms with E-state index in [0.717, 1.165) is 47.2 Å². The van der Waals surface area contributed by atoms with Gasteiger partial charge in [0.2, 0.25) is 0 Å². The third-order valence-corrected chi connectivity index (χ3v) is 5.88. The Bertz CT molecular complexity index is 972. The first-order chi connectivity index (χ1) is 13.7. The second-order valence-electron chi connectivity index (χ2n) is 7.64. The summed E-state index contributed by atoms with van der Waals surface area (Å²) in [7, 11) is 0. The molecule has 1 aliphatic rings. The molecule has 4 rings (SSSR count). The number of aliphatic carboxylic acids is 1. The van der Waals surface area contributed by atoms with Gasteiger partial charge < -0.3 is 5.11 Å². The summed E-state index contributed by atoms with van der Waals surface area (Å²) in [5.74, 6) is -0.307. The fourth-order valence-electron chi connectivity index (χ4n) is 4.56. The van der Waals surface area contributed by atoms with Gasteiger partial charge in [-0.3, -0.25) is 4.79 Å². The van der Waals surface area contributed by atoms with Gasteiger partial charge in [-0.05, 0) is 43.2 Å². The number of carbonyl (C=O) groups is 1. The van der Waals surface area contributed by atoms with E-state index >= 15 is 0 Å². The van der Waals surface area contributed by atoms with Crippen LogP contribution in [-0.4, -0.2) is 25.8 Å². The number of carboxylic acid groups (broad SMARTS) is 1. The Morgan fingerprint density at radius 2 is 1.93 bits per heavy atom. The lowest BCUT2D eigenvalue weighted by Gasteiger charge is -2.26. The standard InChI is InChI=1S/C23H27N3O2/c1-2-26-23-19(15-24-26)21(16-9-5-3-6-10-16)18(13-14-20(27)28)22(25-23)17-11-7-4-8-12-17/h4,7-8,11-12,15-16H,2-3,5-6,9-10,13-14H2,1H3,(H,27,28). The average Bonchev–Trinajstić information content (AvgIpc) is 3.15. The number of pyridine rings is 1. The Kier molecular flexibility index (Phi) is 5.42. The highest BCUT2D eigenvalue weighted by atomic mass is 16.4. The summed E-state index contributed by atoms with van der Waals surface area (Å²) in [6.45, 7) is 2.85. The van der Waals surface area contributed by atoms with Crippen LogP contribution in [0.25, 0.3) is 22.3 Å². The molecule has 2 aromatic heterocycles. The second-order valence-corrected chi connectivity index (χ2v) is 7.64. The monoisotopic (exact) mass is 377 g/mol. The van der Waals surface area contributed by atoms with Gasteiger partial charge in [0, 0.05) is 23.9 Å². The van der Waals surface area contributed by atoms with Gasteiger partial charge >= 0.3 is 5.97 Å². The Morgan fingerprint density at radius 3 is 2.61 bits per heavy atom. The molecular weight excluding hydrogens is 350 g/mol. The highest BCUT2D eigenvalue weighted by Crippen LogP contribution is 2.41. The van der Waals surface area contributed by atoms with Gasteiger partial charge in [-0.2, -0.15) is 5.10 Å². The Morgan fingerprint density at radius 1 is 1.18 bits per heavy atom. The molecular formula is C23H27N3O2. The summed E-state index contributed by atoms with van der Waals surface area (Å²) in [5, 5.41) is 15.0. The lowest BCUT2D eigenvalue weighted by molar-refractivity contribution is -0.136. The maximum atomic E-state index is 11.4. The van der Waals surface area contributed by atoms with Crippen molar-refractivity contribution in [3.8, 4) is 11.3 Å². The molecule has 3 aromatic rings. The first-order valence-electron chi connectivity index (χ1n) is 10.3. The third kappa shape index (κ3) is 3.53. The molecule has 1 fully saturated rings. The molecule has 0 radical (unpaired) electrons. The van der Waals surface area contributed by atoms with Crippen molar-refractivity contribution < 1.29 is 9.90 Å². The smallest absolute Gasteiger partial charge is 0.303 e. The molecule has 0 amide bonds. The molecule has 0 atom stereocenters. The van der Waals surface area contributed by atoms with E-state index in [-0.39, 0.29) is 6.42 Å². The predicted molar refractivity (Wildman–Crippen MR) is 110 cm³/mol. The van der Waals surface area contributed by atoms with Crippen molar-refractivity contribution in [3.05, 3.63) is 47.7 Å². The average molecular weight is 377 g/mol. The molecule has 0 bridgehead atoms. The molecule has 5 heteroatoms. The van der Waals surface area contributed by atoms with Crippen molar-refractivity contribution in [1.29, 1.82) is 0 Å². The van der Waals surface area contributed by atoms with Crippen LogP contribution in [0.4, 0.5) is 0 Å². The molecule has 0 unspecified atom stereocenters. The van der Waals surface area contributed by atoms with E-state index < -0.39 is 5.97 Å². The number of hydrogen-bond donors (Lipinski definition) is 1. The van der Waals surface area contributed by atoms with Crippen LogP contribution in [0.3, 0.4) is 0 Å². The molecule has 1 N–H and O–H groups in total. The van der Waals surface area contributed by atoms with Crippen LogP contribution in [0.5, 0.6) is 0 Å². The van der Waals surface area contributed by atoms with Gasteiger partial charge in [0.25, 0.3) is 0 Å². The molecule has 28 heavy (non-hydrogen) atoms. The third-order valence-electron chi connectivity index (χ3n) is 5.88. The maximum Gasteiger partial charge on any atom is 0.303 e. The highest BCUT2D eigenvalue weighted by molar-refractivity contribution is 5.86. The van der Waals surface area contributed by atoms with Crippen LogP contribution in [0, 0.1) is 0 Å². The van der Waals surface area contributed by atoms with E-state index in [4.69, 9.17) is 4.98 Å². The number of hydrogen-bond acceptors (Lipinski definition) is 3. The molecule has 1 saturated carbocycles. The Balaban J connectivity index is 1.98. The van der Waals surface area contributed by atoms with E-state index in [1.54, 1.807) is 0 Å². The first-order valence-corrected chi connectivity index (χ1v) is 10.3. The molecule has 0 aliphatic heterocycles. The topological polar surface area (TPSA) is 68.0 Å². The maximum absolute atomic E-state index is 11.4. The minimum atomic E-state index is -0.766. The number of benzene rings is 1. The summed E-state index contributed by atoms with van der Waals surface area (Å²) in [6.07, 6.45) is 8.63. The zero-order valence-corrected chi connectivity index (χ0v) is 16.4. The van der Waals surface area contributed by atoms with E-state index in [0.29, 0.717) is 12.3 Å². The normalized spacial score (nSPS) is 15.2. The van der Waals surface area contributed by atoms with Gasteiger partial charge in [0.05, 0.1) is 11.9 Å². The summed E-state index contributed by atoms with van der Waals surface area (Å²) in [4.78, 5) is 16.4. The lowest BCUT2D eigenvalue weighted by atomic mass is 9.79. The number of carboxylic acids is 1.